The first kappa shape index (κ1) is 20.1. The number of anilines is 1. The van der Waals surface area contributed by atoms with Crippen molar-refractivity contribution in [2.75, 3.05) is 18.5 Å². The molecule has 1 fully saturated rings. The van der Waals surface area contributed by atoms with Gasteiger partial charge in [-0.25, -0.2) is 8.42 Å². The predicted molar refractivity (Wildman–Crippen MR) is 108 cm³/mol. The number of halogens is 1. The van der Waals surface area contributed by atoms with Crippen molar-refractivity contribution in [2.45, 2.75) is 30.9 Å². The highest BCUT2D eigenvalue weighted by atomic mass is 35.5. The molecule has 1 saturated heterocycles. The average Bonchev–Trinajstić information content (AvgIpc) is 3.10. The highest BCUT2D eigenvalue weighted by molar-refractivity contribution is 7.91. The lowest BCUT2D eigenvalue weighted by Crippen LogP contribution is -2.46. The van der Waals surface area contributed by atoms with Gasteiger partial charge >= 0.3 is 0 Å². The van der Waals surface area contributed by atoms with Crippen LogP contribution in [0.5, 0.6) is 0 Å². The second-order valence-electron chi connectivity index (χ2n) is 6.65. The van der Waals surface area contributed by atoms with E-state index >= 15 is 0 Å². The quantitative estimate of drug-likeness (QED) is 0.715. The summed E-state index contributed by atoms with van der Waals surface area (Å²) in [5, 5.41) is 0.607. The molecule has 1 aromatic carbocycles. The number of aryl methyl sites for hydroxylation is 2. The number of piperidine rings is 1. The Hall–Kier alpha value is -1.61. The summed E-state index contributed by atoms with van der Waals surface area (Å²) in [6.07, 6.45) is 1.30. The number of carbonyl (C=O) groups is 1. The van der Waals surface area contributed by atoms with E-state index in [2.05, 4.69) is 10.9 Å². The molecule has 1 amide bonds. The summed E-state index contributed by atoms with van der Waals surface area (Å²) in [5.41, 5.74) is 7.14. The zero-order valence-electron chi connectivity index (χ0n) is 15.2. The normalized spacial score (nSPS) is 18.3. The summed E-state index contributed by atoms with van der Waals surface area (Å²) in [6, 6.07) is 8.82. The second-order valence-corrected chi connectivity index (χ2v) is 10.5. The van der Waals surface area contributed by atoms with Gasteiger partial charge in [-0.05, 0) is 56.5 Å². The zero-order valence-corrected chi connectivity index (χ0v) is 17.5. The molecule has 0 bridgehead atoms. The fraction of sp³-hybridized carbons (Fsp3) is 0.389. The molecule has 2 heterocycles. The van der Waals surface area contributed by atoms with E-state index in [0.717, 1.165) is 10.4 Å². The van der Waals surface area contributed by atoms with Gasteiger partial charge in [-0.15, -0.1) is 11.3 Å². The lowest BCUT2D eigenvalue weighted by atomic mass is 9.99. The fourth-order valence-electron chi connectivity index (χ4n) is 2.96. The topological polar surface area (TPSA) is 78.5 Å². The van der Waals surface area contributed by atoms with Gasteiger partial charge in [0.25, 0.3) is 10.0 Å². The number of sulfonamides is 1. The van der Waals surface area contributed by atoms with E-state index in [0.29, 0.717) is 34.3 Å². The van der Waals surface area contributed by atoms with Crippen LogP contribution in [0.3, 0.4) is 0 Å². The van der Waals surface area contributed by atoms with Crippen LogP contribution in [0, 0.1) is 19.8 Å². The molecule has 27 heavy (non-hydrogen) atoms. The van der Waals surface area contributed by atoms with Gasteiger partial charge in [-0.3, -0.25) is 15.6 Å². The Bertz CT molecular complexity index is 943. The van der Waals surface area contributed by atoms with Crippen LogP contribution in [0.2, 0.25) is 5.02 Å². The summed E-state index contributed by atoms with van der Waals surface area (Å²) in [6.45, 7) is 4.39. The van der Waals surface area contributed by atoms with E-state index in [1.54, 1.807) is 18.2 Å². The van der Waals surface area contributed by atoms with E-state index in [9.17, 15) is 13.2 Å². The number of nitrogens with one attached hydrogen (secondary N) is 2. The van der Waals surface area contributed by atoms with E-state index in [1.807, 2.05) is 26.0 Å². The standard InChI is InChI=1S/C18H22ClN3O3S2/c1-12-5-7-15(10-16(12)19)20-21-18(23)14-4-3-9-22(11-14)27(24,25)17-8-6-13(2)26-17/h5-8,10,14,20H,3-4,9,11H2,1-2H3,(H,21,23)/t14-/m1/s1. The minimum atomic E-state index is -3.55. The van der Waals surface area contributed by atoms with Crippen molar-refractivity contribution in [3.63, 3.8) is 0 Å². The second kappa shape index (κ2) is 8.18. The molecule has 6 nitrogen and oxygen atoms in total. The maximum Gasteiger partial charge on any atom is 0.252 e. The summed E-state index contributed by atoms with van der Waals surface area (Å²) in [5.74, 6) is -0.628. The number of benzene rings is 1. The highest BCUT2D eigenvalue weighted by Gasteiger charge is 2.34. The van der Waals surface area contributed by atoms with Gasteiger partial charge in [0.1, 0.15) is 4.21 Å². The molecule has 146 valence electrons. The molecule has 0 aliphatic carbocycles. The molecule has 0 unspecified atom stereocenters. The number of hydrazine groups is 1. The molecule has 0 spiro atoms. The Morgan fingerprint density at radius 2 is 2.04 bits per heavy atom. The fourth-order valence-corrected chi connectivity index (χ4v) is 6.10. The first-order chi connectivity index (χ1) is 12.8. The minimum Gasteiger partial charge on any atom is -0.299 e. The molecule has 1 aliphatic heterocycles. The first-order valence-electron chi connectivity index (χ1n) is 8.66. The number of amides is 1. The third-order valence-electron chi connectivity index (χ3n) is 4.57. The molecule has 0 radical (unpaired) electrons. The van der Waals surface area contributed by atoms with Gasteiger partial charge in [-0.2, -0.15) is 4.31 Å². The largest absolute Gasteiger partial charge is 0.299 e. The van der Waals surface area contributed by atoms with Gasteiger partial charge in [0.15, 0.2) is 0 Å². The number of thiophene rings is 1. The Kier molecular flexibility index (Phi) is 6.10. The van der Waals surface area contributed by atoms with Crippen LogP contribution >= 0.6 is 22.9 Å². The van der Waals surface area contributed by atoms with Gasteiger partial charge in [-0.1, -0.05) is 17.7 Å². The molecule has 1 aliphatic rings. The molecule has 3 rings (SSSR count). The minimum absolute atomic E-state index is 0.182. The first-order valence-corrected chi connectivity index (χ1v) is 11.3. The van der Waals surface area contributed by atoms with E-state index in [1.165, 1.54) is 15.6 Å². The van der Waals surface area contributed by atoms with E-state index < -0.39 is 15.9 Å². The molecule has 1 atom stereocenters. The van der Waals surface area contributed by atoms with Gasteiger partial charge < -0.3 is 0 Å². The Morgan fingerprint density at radius 3 is 2.70 bits per heavy atom. The summed E-state index contributed by atoms with van der Waals surface area (Å²) in [7, 11) is -3.55. The number of nitrogens with zero attached hydrogens (tertiary/aromatic N) is 1. The molecule has 2 N–H and O–H groups in total. The summed E-state index contributed by atoms with van der Waals surface area (Å²) < 4.78 is 27.3. The number of hydrogen-bond donors (Lipinski definition) is 2. The smallest absolute Gasteiger partial charge is 0.252 e. The average molecular weight is 428 g/mol. The van der Waals surface area contributed by atoms with Gasteiger partial charge in [0, 0.05) is 23.0 Å². The molecular formula is C18H22ClN3O3S2. The van der Waals surface area contributed by atoms with Crippen molar-refractivity contribution in [3.8, 4) is 0 Å². The van der Waals surface area contributed by atoms with Crippen molar-refractivity contribution in [1.82, 2.24) is 9.73 Å². The number of rotatable bonds is 5. The molecule has 0 saturated carbocycles. The predicted octanol–water partition coefficient (Wildman–Crippen LogP) is 3.56. The number of hydrogen-bond acceptors (Lipinski definition) is 5. The van der Waals surface area contributed by atoms with Crippen molar-refractivity contribution < 1.29 is 13.2 Å². The molecule has 1 aromatic heterocycles. The van der Waals surface area contributed by atoms with E-state index in [4.69, 9.17) is 11.6 Å². The highest BCUT2D eigenvalue weighted by Crippen LogP contribution is 2.28. The third kappa shape index (κ3) is 4.63. The lowest BCUT2D eigenvalue weighted by molar-refractivity contribution is -0.125. The Balaban J connectivity index is 1.63. The molecule has 2 aromatic rings. The Labute approximate surface area is 168 Å². The van der Waals surface area contributed by atoms with Crippen LogP contribution in [-0.4, -0.2) is 31.7 Å². The number of carbonyl (C=O) groups excluding carboxylic acids is 1. The maximum absolute atomic E-state index is 12.8. The summed E-state index contributed by atoms with van der Waals surface area (Å²) >= 11 is 7.33. The Morgan fingerprint density at radius 1 is 1.26 bits per heavy atom. The van der Waals surface area contributed by atoms with Crippen LogP contribution in [-0.2, 0) is 14.8 Å². The van der Waals surface area contributed by atoms with Crippen molar-refractivity contribution in [2.24, 2.45) is 5.92 Å². The van der Waals surface area contributed by atoms with Crippen molar-refractivity contribution in [1.29, 1.82) is 0 Å². The van der Waals surface area contributed by atoms with E-state index in [-0.39, 0.29) is 12.5 Å². The third-order valence-corrected chi connectivity index (χ3v) is 8.31. The molecular weight excluding hydrogens is 406 g/mol. The lowest BCUT2D eigenvalue weighted by Gasteiger charge is -2.30. The van der Waals surface area contributed by atoms with Crippen molar-refractivity contribution >= 4 is 44.6 Å². The maximum atomic E-state index is 12.8. The van der Waals surface area contributed by atoms with Crippen LogP contribution in [0.25, 0.3) is 0 Å². The monoisotopic (exact) mass is 427 g/mol. The SMILES string of the molecule is Cc1ccc(S(=O)(=O)N2CCC[C@@H](C(=O)NNc3ccc(C)c(Cl)c3)C2)s1. The van der Waals surface area contributed by atoms with Crippen molar-refractivity contribution in [3.05, 3.63) is 45.8 Å². The van der Waals surface area contributed by atoms with Crippen LogP contribution < -0.4 is 10.9 Å². The van der Waals surface area contributed by atoms with Gasteiger partial charge in [0.05, 0.1) is 11.6 Å². The van der Waals surface area contributed by atoms with Crippen LogP contribution in [0.4, 0.5) is 5.69 Å². The van der Waals surface area contributed by atoms with Gasteiger partial charge in [0.2, 0.25) is 5.91 Å². The molecule has 9 heteroatoms. The zero-order chi connectivity index (χ0) is 19.6. The summed E-state index contributed by atoms with van der Waals surface area (Å²) in [4.78, 5) is 13.5. The van der Waals surface area contributed by atoms with Crippen LogP contribution in [0.1, 0.15) is 23.3 Å². The van der Waals surface area contributed by atoms with Crippen LogP contribution in [0.15, 0.2) is 34.5 Å².